The fourth-order valence-electron chi connectivity index (χ4n) is 4.43. The van der Waals surface area contributed by atoms with E-state index in [0.717, 1.165) is 60.9 Å². The van der Waals surface area contributed by atoms with E-state index in [9.17, 15) is 18.0 Å². The zero-order valence-corrected chi connectivity index (χ0v) is 15.0. The van der Waals surface area contributed by atoms with Gasteiger partial charge in [-0.2, -0.15) is 13.2 Å². The molecule has 1 fully saturated rings. The quantitative estimate of drug-likeness (QED) is 0.693. The molecular formula is C22H22F3NO. The summed E-state index contributed by atoms with van der Waals surface area (Å²) in [5, 5.41) is 0. The van der Waals surface area contributed by atoms with Crippen molar-refractivity contribution >= 4 is 5.91 Å². The molecule has 0 bridgehead atoms. The number of nitrogens with zero attached hydrogens (tertiary/aromatic N) is 1. The summed E-state index contributed by atoms with van der Waals surface area (Å²) in [4.78, 5) is 15.1. The number of rotatable bonds is 2. The third kappa shape index (κ3) is 3.47. The third-order valence-corrected chi connectivity index (χ3v) is 5.82. The molecule has 1 heterocycles. The van der Waals surface area contributed by atoms with Crippen molar-refractivity contribution in [1.29, 1.82) is 0 Å². The third-order valence-electron chi connectivity index (χ3n) is 5.82. The van der Waals surface area contributed by atoms with E-state index in [-0.39, 0.29) is 17.9 Å². The van der Waals surface area contributed by atoms with Gasteiger partial charge in [0.2, 0.25) is 5.91 Å². The second kappa shape index (κ2) is 7.02. The molecule has 1 atom stereocenters. The first kappa shape index (κ1) is 18.1. The summed E-state index contributed by atoms with van der Waals surface area (Å²) in [5.41, 5.74) is 2.26. The summed E-state index contributed by atoms with van der Waals surface area (Å²) in [5.74, 6) is 0.194. The Morgan fingerprint density at radius 1 is 0.963 bits per heavy atom. The maximum absolute atomic E-state index is 13.2. The Labute approximate surface area is 157 Å². The summed E-state index contributed by atoms with van der Waals surface area (Å²) < 4.78 is 38.8. The van der Waals surface area contributed by atoms with Gasteiger partial charge < -0.3 is 4.90 Å². The monoisotopic (exact) mass is 373 g/mol. The number of carbonyl (C=O) groups excluding carboxylic acids is 1. The highest BCUT2D eigenvalue weighted by Gasteiger charge is 2.36. The van der Waals surface area contributed by atoms with Crippen LogP contribution in [0.25, 0.3) is 0 Å². The molecule has 0 radical (unpaired) electrons. The van der Waals surface area contributed by atoms with Crippen LogP contribution in [0.15, 0.2) is 48.5 Å². The van der Waals surface area contributed by atoms with Gasteiger partial charge >= 0.3 is 6.18 Å². The Bertz CT molecular complexity index is 822. The van der Waals surface area contributed by atoms with Crippen LogP contribution in [0.1, 0.15) is 54.0 Å². The van der Waals surface area contributed by atoms with E-state index in [0.29, 0.717) is 6.54 Å². The molecule has 2 nitrogen and oxygen atoms in total. The van der Waals surface area contributed by atoms with Crippen LogP contribution < -0.4 is 0 Å². The van der Waals surface area contributed by atoms with E-state index in [4.69, 9.17) is 0 Å². The van der Waals surface area contributed by atoms with Gasteiger partial charge in [-0.3, -0.25) is 4.79 Å². The molecule has 0 aromatic heterocycles. The predicted octanol–water partition coefficient (Wildman–Crippen LogP) is 5.37. The average molecular weight is 373 g/mol. The number of hydrogen-bond acceptors (Lipinski definition) is 1. The van der Waals surface area contributed by atoms with Crippen molar-refractivity contribution < 1.29 is 18.0 Å². The summed E-state index contributed by atoms with van der Waals surface area (Å²) in [6, 6.07) is 12.9. The second-order valence-corrected chi connectivity index (χ2v) is 7.48. The van der Waals surface area contributed by atoms with Crippen molar-refractivity contribution in [3.05, 3.63) is 70.8 Å². The normalized spacial score (nSPS) is 20.6. The average Bonchev–Trinajstić information content (AvgIpc) is 3.21. The minimum absolute atomic E-state index is 0.0483. The van der Waals surface area contributed by atoms with Gasteiger partial charge in [-0.15, -0.1) is 0 Å². The summed E-state index contributed by atoms with van der Waals surface area (Å²) in [6.07, 6.45) is 0.402. The van der Waals surface area contributed by atoms with E-state index in [2.05, 4.69) is 0 Å². The number of carbonyl (C=O) groups is 1. The van der Waals surface area contributed by atoms with Gasteiger partial charge in [-0.1, -0.05) is 49.2 Å². The topological polar surface area (TPSA) is 20.3 Å². The molecule has 0 N–H and O–H groups in total. The first-order chi connectivity index (χ1) is 12.9. The largest absolute Gasteiger partial charge is 0.416 e. The molecule has 1 saturated carbocycles. The van der Waals surface area contributed by atoms with Crippen LogP contribution in [0.4, 0.5) is 13.2 Å². The minimum Gasteiger partial charge on any atom is -0.331 e. The molecule has 2 aromatic rings. The lowest BCUT2D eigenvalue weighted by molar-refractivity contribution is -0.138. The van der Waals surface area contributed by atoms with Gasteiger partial charge in [0.05, 0.1) is 11.6 Å². The lowest BCUT2D eigenvalue weighted by Gasteiger charge is -2.39. The first-order valence-electron chi connectivity index (χ1n) is 9.50. The van der Waals surface area contributed by atoms with Crippen molar-refractivity contribution in [3.63, 3.8) is 0 Å². The maximum atomic E-state index is 13.2. The zero-order valence-electron chi connectivity index (χ0n) is 15.0. The Hall–Kier alpha value is -2.30. The first-order valence-corrected chi connectivity index (χ1v) is 9.50. The Morgan fingerprint density at radius 3 is 2.30 bits per heavy atom. The van der Waals surface area contributed by atoms with Crippen LogP contribution in [-0.4, -0.2) is 17.4 Å². The van der Waals surface area contributed by atoms with Crippen molar-refractivity contribution in [2.45, 2.75) is 44.3 Å². The van der Waals surface area contributed by atoms with E-state index in [1.165, 1.54) is 12.1 Å². The number of alkyl halides is 3. The molecule has 2 aliphatic rings. The summed E-state index contributed by atoms with van der Waals surface area (Å²) in [7, 11) is 0. The van der Waals surface area contributed by atoms with Gasteiger partial charge in [0.1, 0.15) is 0 Å². The Kier molecular flexibility index (Phi) is 4.70. The van der Waals surface area contributed by atoms with E-state index in [1.54, 1.807) is 0 Å². The molecule has 27 heavy (non-hydrogen) atoms. The number of amides is 1. The van der Waals surface area contributed by atoms with Gasteiger partial charge in [0, 0.05) is 12.5 Å². The Morgan fingerprint density at radius 2 is 1.63 bits per heavy atom. The van der Waals surface area contributed by atoms with Crippen LogP contribution in [0.3, 0.4) is 0 Å². The van der Waals surface area contributed by atoms with Crippen LogP contribution >= 0.6 is 0 Å². The van der Waals surface area contributed by atoms with Crippen molar-refractivity contribution in [2.24, 2.45) is 5.92 Å². The zero-order chi connectivity index (χ0) is 19.0. The molecule has 1 aliphatic heterocycles. The van der Waals surface area contributed by atoms with Crippen LogP contribution in [0.2, 0.25) is 0 Å². The summed E-state index contributed by atoms with van der Waals surface area (Å²) in [6.45, 7) is 0.609. The van der Waals surface area contributed by atoms with Gasteiger partial charge in [-0.25, -0.2) is 0 Å². The van der Waals surface area contributed by atoms with Gasteiger partial charge in [-0.05, 0) is 48.1 Å². The van der Waals surface area contributed by atoms with Crippen LogP contribution in [-0.2, 0) is 17.4 Å². The van der Waals surface area contributed by atoms with Crippen molar-refractivity contribution in [1.82, 2.24) is 4.90 Å². The highest BCUT2D eigenvalue weighted by molar-refractivity contribution is 5.80. The lowest BCUT2D eigenvalue weighted by Crippen LogP contribution is -2.43. The molecule has 2 aromatic carbocycles. The van der Waals surface area contributed by atoms with Gasteiger partial charge in [0.25, 0.3) is 0 Å². The van der Waals surface area contributed by atoms with Crippen LogP contribution in [0.5, 0.6) is 0 Å². The molecular weight excluding hydrogens is 351 g/mol. The Balaban J connectivity index is 1.73. The number of hydrogen-bond donors (Lipinski definition) is 0. The molecule has 142 valence electrons. The molecule has 4 rings (SSSR count). The highest BCUT2D eigenvalue weighted by atomic mass is 19.4. The molecule has 0 saturated heterocycles. The molecule has 0 unspecified atom stereocenters. The van der Waals surface area contributed by atoms with Crippen molar-refractivity contribution in [3.8, 4) is 0 Å². The number of benzene rings is 2. The van der Waals surface area contributed by atoms with Crippen molar-refractivity contribution in [2.75, 3.05) is 6.54 Å². The highest BCUT2D eigenvalue weighted by Crippen LogP contribution is 2.39. The maximum Gasteiger partial charge on any atom is 0.416 e. The second-order valence-electron chi connectivity index (χ2n) is 7.48. The standard InChI is InChI=1S/C22H22F3NO/c23-22(24,25)18-11-9-16(10-12-18)20-19-8-4-3-5-15(19)13-14-26(20)21(27)17-6-1-2-7-17/h3-5,8-12,17,20H,1-2,6-7,13-14H2/t20-/m1/s1. The lowest BCUT2D eigenvalue weighted by atomic mass is 9.87. The smallest absolute Gasteiger partial charge is 0.331 e. The SMILES string of the molecule is O=C(C1CCCC1)N1CCc2ccccc2[C@H]1c1ccc(C(F)(F)F)cc1. The van der Waals surface area contributed by atoms with Crippen LogP contribution in [0, 0.1) is 5.92 Å². The van der Waals surface area contributed by atoms with E-state index >= 15 is 0 Å². The molecule has 1 amide bonds. The number of fused-ring (bicyclic) bond motifs is 1. The fourth-order valence-corrected chi connectivity index (χ4v) is 4.43. The minimum atomic E-state index is -4.36. The van der Waals surface area contributed by atoms with E-state index in [1.807, 2.05) is 29.2 Å². The predicted molar refractivity (Wildman–Crippen MR) is 97.1 cm³/mol. The number of halogens is 3. The molecule has 5 heteroatoms. The fraction of sp³-hybridized carbons (Fsp3) is 0.409. The summed E-state index contributed by atoms with van der Waals surface area (Å²) >= 11 is 0. The van der Waals surface area contributed by atoms with E-state index < -0.39 is 11.7 Å². The van der Waals surface area contributed by atoms with Gasteiger partial charge in [0.15, 0.2) is 0 Å². The molecule has 0 spiro atoms. The molecule has 1 aliphatic carbocycles.